The van der Waals surface area contributed by atoms with Crippen molar-refractivity contribution in [2.24, 2.45) is 5.73 Å². The molecule has 14 heavy (non-hydrogen) atoms. The Morgan fingerprint density at radius 2 is 1.57 bits per heavy atom. The maximum atomic E-state index is 12.2. The van der Waals surface area contributed by atoms with E-state index in [1.807, 2.05) is 0 Å². The van der Waals surface area contributed by atoms with Gasteiger partial charge in [-0.15, -0.1) is 0 Å². The van der Waals surface area contributed by atoms with Crippen molar-refractivity contribution < 1.29 is 13.9 Å². The van der Waals surface area contributed by atoms with Gasteiger partial charge in [0.15, 0.2) is 0 Å². The molecule has 0 unspecified atom stereocenters. The Balaban J connectivity index is 2.83. The second-order valence-corrected chi connectivity index (χ2v) is 3.23. The first-order valence-electron chi connectivity index (χ1n) is 4.34. The van der Waals surface area contributed by atoms with E-state index < -0.39 is 18.6 Å². The van der Waals surface area contributed by atoms with Gasteiger partial charge in [-0.3, -0.25) is 0 Å². The number of halogens is 2. The second kappa shape index (κ2) is 4.48. The monoisotopic (exact) mass is 201 g/mol. The van der Waals surface area contributed by atoms with E-state index in [1.165, 1.54) is 24.3 Å². The van der Waals surface area contributed by atoms with Crippen molar-refractivity contribution in [3.05, 3.63) is 35.4 Å². The van der Waals surface area contributed by atoms with Gasteiger partial charge in [0.2, 0.25) is 0 Å². The van der Waals surface area contributed by atoms with Crippen LogP contribution in [0.5, 0.6) is 0 Å². The number of rotatable bonds is 3. The molecular weight excluding hydrogens is 188 g/mol. The van der Waals surface area contributed by atoms with Gasteiger partial charge in [0, 0.05) is 5.56 Å². The maximum absolute atomic E-state index is 12.2. The van der Waals surface area contributed by atoms with Crippen LogP contribution >= 0.6 is 0 Å². The zero-order chi connectivity index (χ0) is 10.7. The third-order valence-corrected chi connectivity index (χ3v) is 2.09. The molecule has 0 amide bonds. The molecule has 0 radical (unpaired) electrons. The Hall–Kier alpha value is -1.00. The van der Waals surface area contributed by atoms with Gasteiger partial charge in [0.25, 0.3) is 6.43 Å². The molecule has 0 saturated carbocycles. The van der Waals surface area contributed by atoms with Gasteiger partial charge in [-0.1, -0.05) is 24.3 Å². The van der Waals surface area contributed by atoms with Gasteiger partial charge in [-0.25, -0.2) is 8.78 Å². The second-order valence-electron chi connectivity index (χ2n) is 3.23. The van der Waals surface area contributed by atoms with Crippen LogP contribution in [0.15, 0.2) is 24.3 Å². The highest BCUT2D eigenvalue weighted by atomic mass is 19.3. The van der Waals surface area contributed by atoms with Crippen molar-refractivity contribution in [1.82, 2.24) is 0 Å². The highest BCUT2D eigenvalue weighted by Crippen LogP contribution is 2.21. The zero-order valence-corrected chi connectivity index (χ0v) is 7.82. The summed E-state index contributed by atoms with van der Waals surface area (Å²) < 4.78 is 24.4. The van der Waals surface area contributed by atoms with Crippen LogP contribution in [0.2, 0.25) is 0 Å². The number of benzene rings is 1. The van der Waals surface area contributed by atoms with Crippen LogP contribution in [0.25, 0.3) is 0 Å². The van der Waals surface area contributed by atoms with Crippen molar-refractivity contribution in [1.29, 1.82) is 0 Å². The minimum atomic E-state index is -2.47. The quantitative estimate of drug-likeness (QED) is 0.785. The minimum Gasteiger partial charge on any atom is -0.391 e. The number of nitrogens with two attached hydrogens (primary N) is 1. The lowest BCUT2D eigenvalue weighted by Crippen LogP contribution is -2.22. The summed E-state index contributed by atoms with van der Waals surface area (Å²) in [4.78, 5) is 0. The van der Waals surface area contributed by atoms with Crippen molar-refractivity contribution in [2.45, 2.75) is 25.5 Å². The molecule has 0 bridgehead atoms. The number of aliphatic hydroxyl groups is 1. The van der Waals surface area contributed by atoms with Crippen LogP contribution in [-0.4, -0.2) is 11.2 Å². The summed E-state index contributed by atoms with van der Waals surface area (Å²) in [6.07, 6.45) is -3.15. The van der Waals surface area contributed by atoms with Gasteiger partial charge in [0.05, 0.1) is 12.1 Å². The Labute approximate surface area is 81.4 Å². The third kappa shape index (κ3) is 2.49. The molecule has 0 heterocycles. The summed E-state index contributed by atoms with van der Waals surface area (Å²) in [6, 6.07) is 5.14. The highest BCUT2D eigenvalue weighted by Gasteiger charge is 2.13. The predicted molar refractivity (Wildman–Crippen MR) is 50.0 cm³/mol. The molecule has 1 rings (SSSR count). The van der Waals surface area contributed by atoms with Crippen LogP contribution in [0.3, 0.4) is 0 Å². The average molecular weight is 201 g/mol. The largest absolute Gasteiger partial charge is 0.391 e. The fourth-order valence-corrected chi connectivity index (χ4v) is 1.14. The standard InChI is InChI=1S/C10H13F2NO/c1-6(14)9(13)7-2-4-8(5-3-7)10(11)12/h2-6,9-10,14H,13H2,1H3/t6-,9+/m1/s1. The van der Waals surface area contributed by atoms with E-state index in [9.17, 15) is 13.9 Å². The molecule has 4 heteroatoms. The molecule has 1 aromatic rings. The van der Waals surface area contributed by atoms with Crippen molar-refractivity contribution in [3.8, 4) is 0 Å². The fraction of sp³-hybridized carbons (Fsp3) is 0.400. The summed E-state index contributed by atoms with van der Waals surface area (Å²) >= 11 is 0. The van der Waals surface area contributed by atoms with Crippen LogP contribution in [0.4, 0.5) is 8.78 Å². The lowest BCUT2D eigenvalue weighted by molar-refractivity contribution is 0.151. The first kappa shape index (κ1) is 11.1. The number of hydrogen-bond acceptors (Lipinski definition) is 2. The van der Waals surface area contributed by atoms with E-state index in [-0.39, 0.29) is 5.56 Å². The summed E-state index contributed by atoms with van der Waals surface area (Å²) in [5.74, 6) is 0. The van der Waals surface area contributed by atoms with Gasteiger partial charge in [-0.2, -0.15) is 0 Å². The van der Waals surface area contributed by atoms with E-state index in [1.54, 1.807) is 6.92 Å². The van der Waals surface area contributed by atoms with Crippen molar-refractivity contribution in [2.75, 3.05) is 0 Å². The zero-order valence-electron chi connectivity index (χ0n) is 7.82. The number of alkyl halides is 2. The Morgan fingerprint density at radius 1 is 1.14 bits per heavy atom. The fourth-order valence-electron chi connectivity index (χ4n) is 1.14. The SMILES string of the molecule is C[C@@H](O)[C@H](N)c1ccc(C(F)F)cc1. The molecule has 0 aliphatic carbocycles. The molecule has 3 N–H and O–H groups in total. The summed E-state index contributed by atoms with van der Waals surface area (Å²) in [5.41, 5.74) is 6.25. The van der Waals surface area contributed by atoms with Crippen LogP contribution in [-0.2, 0) is 0 Å². The molecule has 0 aliphatic heterocycles. The van der Waals surface area contributed by atoms with Gasteiger partial charge in [-0.05, 0) is 12.5 Å². The highest BCUT2D eigenvalue weighted by molar-refractivity contribution is 5.26. The number of hydrogen-bond donors (Lipinski definition) is 2. The van der Waals surface area contributed by atoms with E-state index in [2.05, 4.69) is 0 Å². The molecular formula is C10H13F2NO. The van der Waals surface area contributed by atoms with Crippen molar-refractivity contribution >= 4 is 0 Å². The lowest BCUT2D eigenvalue weighted by Gasteiger charge is -2.15. The molecule has 2 nitrogen and oxygen atoms in total. The van der Waals surface area contributed by atoms with Gasteiger partial charge >= 0.3 is 0 Å². The normalized spacial score (nSPS) is 15.6. The lowest BCUT2D eigenvalue weighted by atomic mass is 10.0. The summed E-state index contributed by atoms with van der Waals surface area (Å²) in [5, 5.41) is 9.18. The topological polar surface area (TPSA) is 46.2 Å². The van der Waals surface area contributed by atoms with Crippen LogP contribution in [0.1, 0.15) is 30.5 Å². The molecule has 1 aromatic carbocycles. The summed E-state index contributed by atoms with van der Waals surface area (Å²) in [7, 11) is 0. The molecule has 0 saturated heterocycles. The Morgan fingerprint density at radius 3 is 1.93 bits per heavy atom. The van der Waals surface area contributed by atoms with Crippen LogP contribution in [0, 0.1) is 0 Å². The predicted octanol–water partition coefficient (Wildman–Crippen LogP) is 2.00. The molecule has 0 aliphatic rings. The van der Waals surface area contributed by atoms with E-state index in [4.69, 9.17) is 5.73 Å². The van der Waals surface area contributed by atoms with Gasteiger partial charge in [0.1, 0.15) is 0 Å². The van der Waals surface area contributed by atoms with E-state index >= 15 is 0 Å². The molecule has 0 fully saturated rings. The average Bonchev–Trinajstić information content (AvgIpc) is 2.16. The van der Waals surface area contributed by atoms with Crippen molar-refractivity contribution in [3.63, 3.8) is 0 Å². The molecule has 0 spiro atoms. The first-order chi connectivity index (χ1) is 6.52. The smallest absolute Gasteiger partial charge is 0.263 e. The molecule has 0 aromatic heterocycles. The molecule has 2 atom stereocenters. The maximum Gasteiger partial charge on any atom is 0.263 e. The third-order valence-electron chi connectivity index (χ3n) is 2.09. The Kier molecular flexibility index (Phi) is 3.55. The summed E-state index contributed by atoms with van der Waals surface area (Å²) in [6.45, 7) is 1.56. The van der Waals surface area contributed by atoms with Gasteiger partial charge < -0.3 is 10.8 Å². The molecule has 78 valence electrons. The minimum absolute atomic E-state index is 0.0356. The number of aliphatic hydroxyl groups excluding tert-OH is 1. The first-order valence-corrected chi connectivity index (χ1v) is 4.34. The van der Waals surface area contributed by atoms with E-state index in [0.29, 0.717) is 5.56 Å². The Bertz CT molecular complexity index is 285. The van der Waals surface area contributed by atoms with E-state index in [0.717, 1.165) is 0 Å². The van der Waals surface area contributed by atoms with Crippen LogP contribution < -0.4 is 5.73 Å².